The van der Waals surface area contributed by atoms with E-state index in [9.17, 15) is 22.8 Å². The first-order chi connectivity index (χ1) is 16.7. The van der Waals surface area contributed by atoms with E-state index >= 15 is 0 Å². The number of methoxy groups -OCH3 is 1. The summed E-state index contributed by atoms with van der Waals surface area (Å²) in [6, 6.07) is 11.5. The summed E-state index contributed by atoms with van der Waals surface area (Å²) < 4.78 is 61.5. The van der Waals surface area contributed by atoms with E-state index in [0.717, 1.165) is 16.8 Å². The fourth-order valence-electron chi connectivity index (χ4n) is 3.25. The molecule has 1 amide bonds. The summed E-state index contributed by atoms with van der Waals surface area (Å²) in [5, 5.41) is 6.56. The van der Waals surface area contributed by atoms with Gasteiger partial charge in [0, 0.05) is 0 Å². The number of amides is 1. The molecule has 0 bridgehead atoms. The molecule has 1 aliphatic rings. The van der Waals surface area contributed by atoms with E-state index in [2.05, 4.69) is 10.4 Å². The second-order valence-electron chi connectivity index (χ2n) is 7.42. The van der Waals surface area contributed by atoms with E-state index in [0.29, 0.717) is 11.5 Å². The van der Waals surface area contributed by atoms with Gasteiger partial charge in [-0.05, 0) is 30.3 Å². The lowest BCUT2D eigenvalue weighted by molar-refractivity contribution is -0.137. The second kappa shape index (κ2) is 9.95. The minimum Gasteiger partial charge on any atom is -0.493 e. The highest BCUT2D eigenvalue weighted by Crippen LogP contribution is 2.31. The summed E-state index contributed by atoms with van der Waals surface area (Å²) in [4.78, 5) is 24.6. The molecule has 1 aliphatic heterocycles. The average Bonchev–Trinajstić information content (AvgIpc) is 3.30. The molecule has 0 fully saturated rings. The summed E-state index contributed by atoms with van der Waals surface area (Å²) in [7, 11) is 1.27. The van der Waals surface area contributed by atoms with Crippen molar-refractivity contribution in [3.63, 3.8) is 0 Å². The molecule has 35 heavy (non-hydrogen) atoms. The van der Waals surface area contributed by atoms with E-state index in [1.54, 1.807) is 18.2 Å². The number of hydrogen-bond donors (Lipinski definition) is 1. The Morgan fingerprint density at radius 3 is 2.69 bits per heavy atom. The molecule has 0 saturated heterocycles. The van der Waals surface area contributed by atoms with Crippen LogP contribution in [0, 0.1) is 0 Å². The molecule has 2 heterocycles. The molecule has 9 nitrogen and oxygen atoms in total. The van der Waals surface area contributed by atoms with Gasteiger partial charge in [0.1, 0.15) is 12.7 Å². The first-order valence-electron chi connectivity index (χ1n) is 10.4. The van der Waals surface area contributed by atoms with E-state index in [4.69, 9.17) is 18.9 Å². The smallest absolute Gasteiger partial charge is 0.416 e. The summed E-state index contributed by atoms with van der Waals surface area (Å²) >= 11 is 0. The molecule has 0 saturated carbocycles. The number of hydrogen-bond acceptors (Lipinski definition) is 7. The van der Waals surface area contributed by atoms with Crippen molar-refractivity contribution < 1.29 is 41.7 Å². The number of carbonyl (C=O) groups is 2. The average molecular weight is 491 g/mol. The van der Waals surface area contributed by atoms with Gasteiger partial charge in [-0.1, -0.05) is 18.2 Å². The van der Waals surface area contributed by atoms with E-state index < -0.39 is 36.3 Å². The molecule has 3 aromatic rings. The molecule has 0 spiro atoms. The molecule has 1 aromatic heterocycles. The second-order valence-corrected chi connectivity index (χ2v) is 7.42. The lowest BCUT2D eigenvalue weighted by atomic mass is 10.2. The fraction of sp³-hybridized carbons (Fsp3) is 0.261. The SMILES string of the molecule is COc1cn(-c2cccc(C(F)(F)F)c2)nc1C(=O)OCC(=O)NCC1COc2ccccc2O1. The maximum atomic E-state index is 13.0. The zero-order valence-corrected chi connectivity index (χ0v) is 18.4. The summed E-state index contributed by atoms with van der Waals surface area (Å²) in [6.45, 7) is -0.248. The third kappa shape index (κ3) is 5.65. The van der Waals surface area contributed by atoms with Crippen molar-refractivity contribution in [2.24, 2.45) is 0 Å². The van der Waals surface area contributed by atoms with Gasteiger partial charge in [0.15, 0.2) is 23.9 Å². The van der Waals surface area contributed by atoms with Crippen molar-refractivity contribution in [3.05, 3.63) is 66.0 Å². The lowest BCUT2D eigenvalue weighted by Crippen LogP contribution is -2.42. The number of halogens is 3. The Morgan fingerprint density at radius 1 is 1.17 bits per heavy atom. The van der Waals surface area contributed by atoms with Crippen LogP contribution in [0.4, 0.5) is 13.2 Å². The molecule has 1 atom stereocenters. The van der Waals surface area contributed by atoms with Crippen molar-refractivity contribution in [3.8, 4) is 22.9 Å². The number of carbonyl (C=O) groups excluding carboxylic acids is 2. The topological polar surface area (TPSA) is 101 Å². The maximum Gasteiger partial charge on any atom is 0.416 e. The lowest BCUT2D eigenvalue weighted by Gasteiger charge is -2.26. The molecule has 12 heteroatoms. The summed E-state index contributed by atoms with van der Waals surface area (Å²) in [5.41, 5.74) is -1.11. The van der Waals surface area contributed by atoms with Crippen LogP contribution >= 0.6 is 0 Å². The van der Waals surface area contributed by atoms with Crippen LogP contribution in [-0.4, -0.2) is 54.6 Å². The molecular formula is C23H20F3N3O6. The number of ether oxygens (including phenoxy) is 4. The monoisotopic (exact) mass is 491 g/mol. The standard InChI is InChI=1S/C23H20F3N3O6/c1-32-19-11-29(15-6-4-5-14(9-15)23(24,25)26)28-21(19)22(31)34-13-20(30)27-10-16-12-33-17-7-2-3-8-18(17)35-16/h2-9,11,16H,10,12-13H2,1H3,(H,27,30). The van der Waals surface area contributed by atoms with Crippen molar-refractivity contribution >= 4 is 11.9 Å². The van der Waals surface area contributed by atoms with Crippen molar-refractivity contribution in [2.45, 2.75) is 12.3 Å². The predicted octanol–water partition coefficient (Wildman–Crippen LogP) is 3.01. The van der Waals surface area contributed by atoms with Gasteiger partial charge < -0.3 is 24.3 Å². The quantitative estimate of drug-likeness (QED) is 0.507. The maximum absolute atomic E-state index is 13.0. The Balaban J connectivity index is 1.33. The molecule has 0 aliphatic carbocycles. The third-order valence-electron chi connectivity index (χ3n) is 4.96. The number of fused-ring (bicyclic) bond motifs is 1. The van der Waals surface area contributed by atoms with Crippen molar-refractivity contribution in [1.29, 1.82) is 0 Å². The predicted molar refractivity (Wildman–Crippen MR) is 115 cm³/mol. The highest BCUT2D eigenvalue weighted by Gasteiger charge is 2.31. The van der Waals surface area contributed by atoms with Gasteiger partial charge in [-0.25, -0.2) is 9.48 Å². The van der Waals surface area contributed by atoms with Gasteiger partial charge in [0.05, 0.1) is 31.1 Å². The molecule has 1 unspecified atom stereocenters. The number of para-hydroxylation sites is 2. The van der Waals surface area contributed by atoms with Gasteiger partial charge in [0.2, 0.25) is 5.69 Å². The number of benzene rings is 2. The van der Waals surface area contributed by atoms with Crippen LogP contribution in [-0.2, 0) is 15.7 Å². The first kappa shape index (κ1) is 23.9. The fourth-order valence-corrected chi connectivity index (χ4v) is 3.25. The van der Waals surface area contributed by atoms with Crippen LogP contribution in [0.25, 0.3) is 5.69 Å². The van der Waals surface area contributed by atoms with Gasteiger partial charge in [-0.15, -0.1) is 0 Å². The van der Waals surface area contributed by atoms with E-state index in [-0.39, 0.29) is 30.3 Å². The Hall–Kier alpha value is -4.22. The summed E-state index contributed by atoms with van der Waals surface area (Å²) in [5.74, 6) is -0.416. The number of rotatable bonds is 7. The molecule has 184 valence electrons. The number of alkyl halides is 3. The van der Waals surface area contributed by atoms with Gasteiger partial charge in [-0.3, -0.25) is 4.79 Å². The molecular weight excluding hydrogens is 471 g/mol. The summed E-state index contributed by atoms with van der Waals surface area (Å²) in [6.07, 6.45) is -3.72. The van der Waals surface area contributed by atoms with Crippen LogP contribution in [0.15, 0.2) is 54.7 Å². The van der Waals surface area contributed by atoms with E-state index in [1.165, 1.54) is 25.4 Å². The van der Waals surface area contributed by atoms with E-state index in [1.807, 2.05) is 6.07 Å². The molecule has 2 aromatic carbocycles. The van der Waals surface area contributed by atoms with Crippen LogP contribution in [0.2, 0.25) is 0 Å². The Morgan fingerprint density at radius 2 is 1.94 bits per heavy atom. The zero-order chi connectivity index (χ0) is 25.0. The molecule has 1 N–H and O–H groups in total. The zero-order valence-electron chi connectivity index (χ0n) is 18.4. The van der Waals surface area contributed by atoms with Crippen molar-refractivity contribution in [2.75, 3.05) is 26.9 Å². The minimum atomic E-state index is -4.54. The Labute approximate surface area is 197 Å². The van der Waals surface area contributed by atoms with Gasteiger partial charge >= 0.3 is 12.1 Å². The Bertz CT molecular complexity index is 1230. The van der Waals surface area contributed by atoms with Crippen LogP contribution in [0.5, 0.6) is 17.2 Å². The minimum absolute atomic E-state index is 0.0285. The highest BCUT2D eigenvalue weighted by atomic mass is 19.4. The van der Waals surface area contributed by atoms with Crippen LogP contribution in [0.3, 0.4) is 0 Å². The Kier molecular flexibility index (Phi) is 6.80. The number of esters is 1. The number of nitrogens with one attached hydrogen (secondary N) is 1. The van der Waals surface area contributed by atoms with Gasteiger partial charge in [-0.2, -0.15) is 18.3 Å². The highest BCUT2D eigenvalue weighted by molar-refractivity contribution is 5.92. The number of nitrogens with zero attached hydrogens (tertiary/aromatic N) is 2. The first-order valence-corrected chi connectivity index (χ1v) is 10.4. The van der Waals surface area contributed by atoms with Crippen LogP contribution < -0.4 is 19.5 Å². The molecule has 4 rings (SSSR count). The normalized spacial score (nSPS) is 14.8. The number of aromatic nitrogens is 2. The third-order valence-corrected chi connectivity index (χ3v) is 4.96. The largest absolute Gasteiger partial charge is 0.493 e. The van der Waals surface area contributed by atoms with Gasteiger partial charge in [0.25, 0.3) is 5.91 Å². The van der Waals surface area contributed by atoms with Crippen molar-refractivity contribution in [1.82, 2.24) is 15.1 Å². The molecule has 0 radical (unpaired) electrons. The van der Waals surface area contributed by atoms with Crippen LogP contribution in [0.1, 0.15) is 16.1 Å².